The Morgan fingerprint density at radius 1 is 1.33 bits per heavy atom. The number of aromatic nitrogens is 4. The molecule has 1 fully saturated rings. The normalized spacial score (nSPS) is 17.4. The second kappa shape index (κ2) is 7.91. The number of nitriles is 1. The predicted octanol–water partition coefficient (Wildman–Crippen LogP) is 3.81. The molecule has 7 nitrogen and oxygen atoms in total. The van der Waals surface area contributed by atoms with Crippen molar-refractivity contribution in [3.63, 3.8) is 0 Å². The number of rotatable bonds is 5. The van der Waals surface area contributed by atoms with Crippen LogP contribution in [0.4, 0.5) is 19.1 Å². The summed E-state index contributed by atoms with van der Waals surface area (Å²) >= 11 is 0. The van der Waals surface area contributed by atoms with Crippen molar-refractivity contribution in [1.82, 2.24) is 24.8 Å². The maximum Gasteiger partial charge on any atom is 0.417 e. The fourth-order valence-electron chi connectivity index (χ4n) is 3.86. The molecule has 0 aromatic carbocycles. The van der Waals surface area contributed by atoms with E-state index in [1.807, 2.05) is 6.07 Å². The maximum absolute atomic E-state index is 13.1. The summed E-state index contributed by atoms with van der Waals surface area (Å²) in [5.41, 5.74) is 0.250. The van der Waals surface area contributed by atoms with Crippen molar-refractivity contribution in [3.05, 3.63) is 35.8 Å². The first-order chi connectivity index (χ1) is 14.4. The first-order valence-electron chi connectivity index (χ1n) is 9.70. The smallest absolute Gasteiger partial charge is 0.353 e. The highest BCUT2D eigenvalue weighted by Crippen LogP contribution is 2.34. The van der Waals surface area contributed by atoms with Crippen LogP contribution in [-0.4, -0.2) is 50.5 Å². The summed E-state index contributed by atoms with van der Waals surface area (Å²) in [6.45, 7) is 4.81. The van der Waals surface area contributed by atoms with Gasteiger partial charge >= 0.3 is 6.18 Å². The van der Waals surface area contributed by atoms with Gasteiger partial charge in [-0.1, -0.05) is 6.92 Å². The third kappa shape index (κ3) is 3.80. The van der Waals surface area contributed by atoms with Crippen LogP contribution < -0.4 is 5.32 Å². The highest BCUT2D eigenvalue weighted by atomic mass is 19.4. The van der Waals surface area contributed by atoms with Crippen molar-refractivity contribution in [2.24, 2.45) is 0 Å². The number of nitrogens with zero attached hydrogens (tertiary/aromatic N) is 5. The lowest BCUT2D eigenvalue weighted by Crippen LogP contribution is -2.34. The molecule has 3 aromatic heterocycles. The number of pyridine rings is 1. The average Bonchev–Trinajstić information content (AvgIpc) is 3.37. The minimum Gasteiger partial charge on any atom is -0.353 e. The second-order valence-electron chi connectivity index (χ2n) is 7.19. The van der Waals surface area contributed by atoms with Crippen molar-refractivity contribution < 1.29 is 13.2 Å². The van der Waals surface area contributed by atoms with E-state index in [4.69, 9.17) is 0 Å². The van der Waals surface area contributed by atoms with Crippen molar-refractivity contribution in [2.75, 3.05) is 25.0 Å². The van der Waals surface area contributed by atoms with Crippen molar-refractivity contribution in [1.29, 1.82) is 5.26 Å². The number of alkyl halides is 3. The number of likely N-dealkylation sites (tertiary alicyclic amines) is 1. The first kappa shape index (κ1) is 20.1. The maximum atomic E-state index is 13.1. The van der Waals surface area contributed by atoms with Crippen molar-refractivity contribution >= 4 is 17.0 Å². The summed E-state index contributed by atoms with van der Waals surface area (Å²) in [6, 6.07) is 3.41. The Hall–Kier alpha value is -3.19. The molecular weight excluding hydrogens is 395 g/mol. The number of hydrogen-bond acceptors (Lipinski definition) is 6. The van der Waals surface area contributed by atoms with Gasteiger partial charge < -0.3 is 10.3 Å². The Kier molecular flexibility index (Phi) is 5.30. The molecular formula is C20H20F3N7. The summed E-state index contributed by atoms with van der Waals surface area (Å²) in [5.74, 6) is 0.334. The third-order valence-electron chi connectivity index (χ3n) is 5.42. The zero-order valence-corrected chi connectivity index (χ0v) is 16.3. The Morgan fingerprint density at radius 2 is 2.17 bits per heavy atom. The van der Waals surface area contributed by atoms with E-state index < -0.39 is 11.7 Å². The van der Waals surface area contributed by atoms with Gasteiger partial charge in [0, 0.05) is 35.9 Å². The average molecular weight is 415 g/mol. The Balaban J connectivity index is 1.68. The van der Waals surface area contributed by atoms with Crippen LogP contribution in [0.3, 0.4) is 0 Å². The lowest BCUT2D eigenvalue weighted by Gasteiger charge is -2.22. The molecule has 0 amide bonds. The molecule has 156 valence electrons. The van der Waals surface area contributed by atoms with E-state index in [1.54, 1.807) is 0 Å². The monoisotopic (exact) mass is 415 g/mol. The van der Waals surface area contributed by atoms with Gasteiger partial charge in [-0.25, -0.2) is 15.0 Å². The molecule has 0 aliphatic carbocycles. The summed E-state index contributed by atoms with van der Waals surface area (Å²) < 4.78 is 39.4. The van der Waals surface area contributed by atoms with E-state index in [9.17, 15) is 18.4 Å². The molecule has 1 aliphatic heterocycles. The molecule has 4 rings (SSSR count). The fourth-order valence-corrected chi connectivity index (χ4v) is 3.86. The summed E-state index contributed by atoms with van der Waals surface area (Å²) in [4.78, 5) is 17.7. The van der Waals surface area contributed by atoms with E-state index in [-0.39, 0.29) is 16.6 Å². The van der Waals surface area contributed by atoms with Gasteiger partial charge in [-0.3, -0.25) is 4.90 Å². The molecule has 1 saturated heterocycles. The van der Waals surface area contributed by atoms with Gasteiger partial charge in [0.05, 0.1) is 23.0 Å². The van der Waals surface area contributed by atoms with Crippen molar-refractivity contribution in [3.8, 4) is 17.3 Å². The molecule has 1 unspecified atom stereocenters. The zero-order chi connectivity index (χ0) is 21.3. The Bertz CT molecular complexity index is 1100. The molecule has 1 aliphatic rings. The zero-order valence-electron chi connectivity index (χ0n) is 16.3. The topological polar surface area (TPSA) is 93.5 Å². The molecule has 0 spiro atoms. The SMILES string of the molecule is CCN1CCCC1CNc1ncc(C#N)c(-c2c[nH]c3ncc(C(F)(F)F)cc23)n1. The summed E-state index contributed by atoms with van der Waals surface area (Å²) in [7, 11) is 0. The van der Waals surface area contributed by atoms with Gasteiger partial charge in [0.2, 0.25) is 5.95 Å². The Morgan fingerprint density at radius 3 is 2.90 bits per heavy atom. The fraction of sp³-hybridized carbons (Fsp3) is 0.400. The van der Waals surface area contributed by atoms with E-state index in [2.05, 4.69) is 37.1 Å². The number of aromatic amines is 1. The number of nitrogens with one attached hydrogen (secondary N) is 2. The van der Waals surface area contributed by atoms with Gasteiger partial charge in [0.25, 0.3) is 0 Å². The lowest BCUT2D eigenvalue weighted by molar-refractivity contribution is -0.137. The van der Waals surface area contributed by atoms with Gasteiger partial charge in [-0.05, 0) is 32.0 Å². The molecule has 0 saturated carbocycles. The number of halogens is 3. The molecule has 4 heterocycles. The number of hydrogen-bond donors (Lipinski definition) is 2. The van der Waals surface area contributed by atoms with E-state index in [0.29, 0.717) is 29.7 Å². The van der Waals surface area contributed by atoms with E-state index in [1.165, 1.54) is 12.4 Å². The van der Waals surface area contributed by atoms with Crippen LogP contribution in [0.15, 0.2) is 24.7 Å². The molecule has 30 heavy (non-hydrogen) atoms. The predicted molar refractivity (Wildman–Crippen MR) is 106 cm³/mol. The molecule has 2 N–H and O–H groups in total. The van der Waals surface area contributed by atoms with Crippen LogP contribution >= 0.6 is 0 Å². The highest BCUT2D eigenvalue weighted by Gasteiger charge is 2.32. The molecule has 0 radical (unpaired) electrons. The van der Waals surface area contributed by atoms with Crippen LogP contribution in [0.5, 0.6) is 0 Å². The van der Waals surface area contributed by atoms with Crippen LogP contribution in [0, 0.1) is 11.3 Å². The summed E-state index contributed by atoms with van der Waals surface area (Å²) in [6.07, 6.45) is 1.39. The van der Waals surface area contributed by atoms with Gasteiger partial charge in [-0.15, -0.1) is 0 Å². The third-order valence-corrected chi connectivity index (χ3v) is 5.42. The number of fused-ring (bicyclic) bond motifs is 1. The van der Waals surface area contributed by atoms with Crippen molar-refractivity contribution in [2.45, 2.75) is 32.0 Å². The quantitative estimate of drug-likeness (QED) is 0.658. The molecule has 0 bridgehead atoms. The largest absolute Gasteiger partial charge is 0.417 e. The van der Waals surface area contributed by atoms with Gasteiger partial charge in [-0.2, -0.15) is 18.4 Å². The van der Waals surface area contributed by atoms with E-state index >= 15 is 0 Å². The van der Waals surface area contributed by atoms with E-state index in [0.717, 1.165) is 38.2 Å². The number of H-pyrrole nitrogens is 1. The molecule has 3 aromatic rings. The first-order valence-corrected chi connectivity index (χ1v) is 9.70. The number of anilines is 1. The second-order valence-corrected chi connectivity index (χ2v) is 7.19. The lowest BCUT2D eigenvalue weighted by atomic mass is 10.1. The van der Waals surface area contributed by atoms with Crippen LogP contribution in [-0.2, 0) is 6.18 Å². The van der Waals surface area contributed by atoms with Gasteiger partial charge in [0.1, 0.15) is 11.7 Å². The van der Waals surface area contributed by atoms with Gasteiger partial charge in [0.15, 0.2) is 0 Å². The molecule has 10 heteroatoms. The van der Waals surface area contributed by atoms with Crippen LogP contribution in [0.1, 0.15) is 30.9 Å². The standard InChI is InChI=1S/C20H20F3N7/c1-2-30-5-3-4-14(30)10-28-19-27-8-12(7-24)17(29-19)16-11-26-18-15(16)6-13(9-25-18)20(21,22)23/h6,8-9,11,14H,2-5,10H2,1H3,(H,25,26)(H,27,28,29). The molecule has 1 atom stereocenters. The summed E-state index contributed by atoms with van der Waals surface area (Å²) in [5, 5.41) is 12.9. The Labute approximate surface area is 171 Å². The van der Waals surface area contributed by atoms with Crippen LogP contribution in [0.2, 0.25) is 0 Å². The number of likely N-dealkylation sites (N-methyl/N-ethyl adjacent to an activating group) is 1. The highest BCUT2D eigenvalue weighted by molar-refractivity contribution is 5.94. The minimum atomic E-state index is -4.52. The minimum absolute atomic E-state index is 0.176. The van der Waals surface area contributed by atoms with Crippen LogP contribution in [0.25, 0.3) is 22.3 Å².